The second-order valence-corrected chi connectivity index (χ2v) is 21.0. The number of hydrogen-bond donors (Lipinski definition) is 0. The highest BCUT2D eigenvalue weighted by Gasteiger charge is 2.62. The smallest absolute Gasteiger partial charge is 0.0540 e. The third kappa shape index (κ3) is 6.59. The van der Waals surface area contributed by atoms with Gasteiger partial charge in [0.2, 0.25) is 0 Å². The average molecular weight is 898 g/mol. The van der Waals surface area contributed by atoms with Crippen LogP contribution in [-0.4, -0.2) is 0 Å². The predicted octanol–water partition coefficient (Wildman–Crippen LogP) is 18.7. The van der Waals surface area contributed by atoms with Crippen LogP contribution in [0.25, 0.3) is 77.5 Å². The van der Waals surface area contributed by atoms with Crippen molar-refractivity contribution < 1.29 is 0 Å². The van der Waals surface area contributed by atoms with E-state index in [4.69, 9.17) is 0 Å². The zero-order chi connectivity index (χ0) is 46.3. The molecule has 0 aromatic heterocycles. The molecule has 0 atom stereocenters. The van der Waals surface area contributed by atoms with E-state index in [9.17, 15) is 0 Å². The van der Waals surface area contributed by atoms with Crippen LogP contribution < -0.4 is 4.90 Å². The molecule has 4 fully saturated rings. The molecule has 0 heterocycles. The highest BCUT2D eigenvalue weighted by Crippen LogP contribution is 2.71. The zero-order valence-electron chi connectivity index (χ0n) is 39.7. The molecule has 0 unspecified atom stereocenters. The molecule has 15 rings (SSSR count). The maximum atomic E-state index is 2.71. The van der Waals surface area contributed by atoms with Crippen molar-refractivity contribution in [3.63, 3.8) is 0 Å². The van der Waals surface area contributed by atoms with Crippen molar-refractivity contribution in [3.8, 4) is 66.8 Å². The quantitative estimate of drug-likeness (QED) is 0.147. The van der Waals surface area contributed by atoms with Crippen LogP contribution in [0.1, 0.15) is 48.8 Å². The van der Waals surface area contributed by atoms with Gasteiger partial charge in [0.15, 0.2) is 0 Å². The summed E-state index contributed by atoms with van der Waals surface area (Å²) in [6.07, 6.45) is 6.74. The lowest BCUT2D eigenvalue weighted by Gasteiger charge is -2.61. The third-order valence-corrected chi connectivity index (χ3v) is 17.1. The van der Waals surface area contributed by atoms with E-state index < -0.39 is 0 Å². The molecule has 1 nitrogen and oxygen atoms in total. The number of hydrogen-bond acceptors (Lipinski definition) is 1. The van der Waals surface area contributed by atoms with Crippen LogP contribution in [0, 0.1) is 30.6 Å². The highest BCUT2D eigenvalue weighted by atomic mass is 15.1. The first-order valence-electron chi connectivity index (χ1n) is 25.7. The minimum Gasteiger partial charge on any atom is -0.310 e. The fourth-order valence-corrected chi connectivity index (χ4v) is 14.3. The molecule has 5 aliphatic rings. The summed E-state index contributed by atoms with van der Waals surface area (Å²) in [5.74, 6) is 2.91. The molecule has 10 aromatic rings. The Labute approximate surface area is 412 Å². The van der Waals surface area contributed by atoms with E-state index in [0.717, 1.165) is 23.2 Å². The Morgan fingerprint density at radius 2 is 0.829 bits per heavy atom. The molecule has 5 aliphatic carbocycles. The third-order valence-electron chi connectivity index (χ3n) is 17.1. The molecule has 70 heavy (non-hydrogen) atoms. The molecular weight excluding hydrogens is 843 g/mol. The summed E-state index contributed by atoms with van der Waals surface area (Å²) < 4.78 is 0. The summed E-state index contributed by atoms with van der Waals surface area (Å²) in [7, 11) is 0. The van der Waals surface area contributed by atoms with Gasteiger partial charge in [-0.1, -0.05) is 169 Å². The summed E-state index contributed by atoms with van der Waals surface area (Å²) in [4.78, 5) is 2.43. The summed E-state index contributed by atoms with van der Waals surface area (Å²) in [5.41, 5.74) is 23.5. The van der Waals surface area contributed by atoms with Crippen LogP contribution in [0.3, 0.4) is 0 Å². The Bertz CT molecular complexity index is 3510. The lowest BCUT2D eigenvalue weighted by atomic mass is 9.43. The van der Waals surface area contributed by atoms with Crippen molar-refractivity contribution >= 4 is 27.8 Å². The van der Waals surface area contributed by atoms with Crippen molar-refractivity contribution in [2.24, 2.45) is 23.7 Å². The largest absolute Gasteiger partial charge is 0.310 e. The van der Waals surface area contributed by atoms with E-state index in [0.29, 0.717) is 11.8 Å². The first-order valence-corrected chi connectivity index (χ1v) is 25.7. The van der Waals surface area contributed by atoms with E-state index in [1.54, 1.807) is 11.1 Å². The molecule has 10 aromatic carbocycles. The Kier molecular flexibility index (Phi) is 9.70. The monoisotopic (exact) mass is 897 g/mol. The molecule has 1 spiro atoms. The van der Waals surface area contributed by atoms with Crippen molar-refractivity contribution in [1.82, 2.24) is 0 Å². The summed E-state index contributed by atoms with van der Waals surface area (Å²) in [5, 5.41) is 2.51. The van der Waals surface area contributed by atoms with Gasteiger partial charge >= 0.3 is 0 Å². The number of rotatable bonds is 8. The van der Waals surface area contributed by atoms with Gasteiger partial charge in [-0.05, 0) is 213 Å². The number of benzene rings is 10. The minimum atomic E-state index is -0.0573. The summed E-state index contributed by atoms with van der Waals surface area (Å²) >= 11 is 0. The van der Waals surface area contributed by atoms with Crippen LogP contribution in [0.15, 0.2) is 231 Å². The van der Waals surface area contributed by atoms with E-state index in [2.05, 4.69) is 242 Å². The standard InChI is InChI=1S/C69H55N/c1-45-26-29-59(30-27-45)70(58-22-12-5-13-23-58)67-33-32-60(61-24-14-15-25-62(61)67)55-42-64(54-40-52(49-18-8-3-9-19-49)39-53(41-54)50-20-10-4-11-21-50)68-63-31-28-51(48-16-6-2-7-17-48)43-65(63)69(66(68)44-55)56-35-46-34-47(37-56)38-57(69)36-46/h2-33,39-44,46-47,56-57H,34-38H2,1H3. The van der Waals surface area contributed by atoms with Gasteiger partial charge in [0, 0.05) is 22.2 Å². The Morgan fingerprint density at radius 1 is 0.343 bits per heavy atom. The van der Waals surface area contributed by atoms with Crippen LogP contribution >= 0.6 is 0 Å². The SMILES string of the molecule is Cc1ccc(N(c2ccccc2)c2ccc(-c3cc(-c4cc(-c5ccccc5)cc(-c5ccccc5)c4)c4c(c3)C3(c5cc(-c6ccccc6)ccc5-4)C4CC5CC(C4)CC3C5)c3ccccc23)cc1. The lowest BCUT2D eigenvalue weighted by Crippen LogP contribution is -2.55. The Hall–Kier alpha value is -7.74. The second kappa shape index (κ2) is 16.5. The van der Waals surface area contributed by atoms with Gasteiger partial charge in [-0.15, -0.1) is 0 Å². The molecule has 0 radical (unpaired) electrons. The summed E-state index contributed by atoms with van der Waals surface area (Å²) in [6.45, 7) is 2.17. The fourth-order valence-electron chi connectivity index (χ4n) is 14.3. The first kappa shape index (κ1) is 41.3. The Balaban J connectivity index is 1.06. The number of fused-ring (bicyclic) bond motifs is 4. The average Bonchev–Trinajstić information content (AvgIpc) is 3.71. The van der Waals surface area contributed by atoms with Gasteiger partial charge in [0.25, 0.3) is 0 Å². The van der Waals surface area contributed by atoms with Crippen molar-refractivity contribution in [2.75, 3.05) is 4.90 Å². The summed E-state index contributed by atoms with van der Waals surface area (Å²) in [6, 6.07) is 87.2. The topological polar surface area (TPSA) is 3.24 Å². The van der Waals surface area contributed by atoms with Gasteiger partial charge in [0.05, 0.1) is 5.69 Å². The molecule has 0 amide bonds. The highest BCUT2D eigenvalue weighted by molar-refractivity contribution is 6.08. The van der Waals surface area contributed by atoms with E-state index in [1.807, 2.05) is 0 Å². The molecular formula is C69H55N. The Morgan fingerprint density at radius 3 is 1.44 bits per heavy atom. The lowest BCUT2D eigenvalue weighted by molar-refractivity contribution is -0.0399. The molecule has 0 N–H and O–H groups in total. The maximum absolute atomic E-state index is 2.71. The van der Waals surface area contributed by atoms with Gasteiger partial charge in [-0.25, -0.2) is 0 Å². The fraction of sp³-hybridized carbons (Fsp3) is 0.159. The number of nitrogens with zero attached hydrogens (tertiary/aromatic N) is 1. The number of aryl methyl sites for hydroxylation is 1. The van der Waals surface area contributed by atoms with Gasteiger partial charge in [0.1, 0.15) is 0 Å². The molecule has 336 valence electrons. The minimum absolute atomic E-state index is 0.0573. The van der Waals surface area contributed by atoms with Crippen LogP contribution in [0.5, 0.6) is 0 Å². The zero-order valence-corrected chi connectivity index (χ0v) is 39.7. The van der Waals surface area contributed by atoms with Gasteiger partial charge in [-0.2, -0.15) is 0 Å². The number of para-hydroxylation sites is 1. The van der Waals surface area contributed by atoms with Crippen LogP contribution in [0.2, 0.25) is 0 Å². The molecule has 0 saturated heterocycles. The van der Waals surface area contributed by atoms with Gasteiger partial charge in [-0.3, -0.25) is 0 Å². The van der Waals surface area contributed by atoms with Crippen molar-refractivity contribution in [1.29, 1.82) is 0 Å². The van der Waals surface area contributed by atoms with E-state index in [1.165, 1.54) is 121 Å². The first-order chi connectivity index (χ1) is 34.6. The van der Waals surface area contributed by atoms with Gasteiger partial charge < -0.3 is 4.90 Å². The van der Waals surface area contributed by atoms with Crippen LogP contribution in [-0.2, 0) is 5.41 Å². The molecule has 1 heteroatoms. The van der Waals surface area contributed by atoms with Crippen molar-refractivity contribution in [2.45, 2.75) is 44.4 Å². The van der Waals surface area contributed by atoms with Crippen molar-refractivity contribution in [3.05, 3.63) is 247 Å². The van der Waals surface area contributed by atoms with E-state index in [-0.39, 0.29) is 5.41 Å². The second-order valence-electron chi connectivity index (χ2n) is 21.0. The van der Waals surface area contributed by atoms with Crippen LogP contribution in [0.4, 0.5) is 17.1 Å². The predicted molar refractivity (Wildman–Crippen MR) is 294 cm³/mol. The normalized spacial score (nSPS) is 20.4. The van der Waals surface area contributed by atoms with E-state index >= 15 is 0 Å². The molecule has 0 aliphatic heterocycles. The maximum Gasteiger partial charge on any atom is 0.0540 e. The molecule has 4 saturated carbocycles. The molecule has 4 bridgehead atoms. The number of anilines is 3.